The summed E-state index contributed by atoms with van der Waals surface area (Å²) in [5.41, 5.74) is -2.58. The summed E-state index contributed by atoms with van der Waals surface area (Å²) in [5.74, 6) is -1.86. The van der Waals surface area contributed by atoms with Gasteiger partial charge in [-0.05, 0) is 33.3 Å². The number of rotatable bonds is 5. The summed E-state index contributed by atoms with van der Waals surface area (Å²) in [5, 5.41) is 14.2. The second kappa shape index (κ2) is 8.70. The highest BCUT2D eigenvalue weighted by molar-refractivity contribution is 5.81. The van der Waals surface area contributed by atoms with E-state index in [-0.39, 0.29) is 54.1 Å². The second-order valence-corrected chi connectivity index (χ2v) is 9.12. The molecule has 0 saturated carbocycles. The molecule has 1 aromatic carbocycles. The van der Waals surface area contributed by atoms with Crippen LogP contribution in [-0.2, 0) is 18.0 Å². The quantitative estimate of drug-likeness (QED) is 0.471. The van der Waals surface area contributed by atoms with Crippen molar-refractivity contribution in [1.82, 2.24) is 19.9 Å². The molecule has 2 aromatic heterocycles. The highest BCUT2D eigenvalue weighted by atomic mass is 19.4. The van der Waals surface area contributed by atoms with Gasteiger partial charge in [0.25, 0.3) is 0 Å². The Bertz CT molecular complexity index is 1200. The highest BCUT2D eigenvalue weighted by Gasteiger charge is 2.45. The van der Waals surface area contributed by atoms with Gasteiger partial charge in [0.15, 0.2) is 5.76 Å². The van der Waals surface area contributed by atoms with Crippen LogP contribution in [0.5, 0.6) is 5.75 Å². The molecular weight excluding hydrogens is 482 g/mol. The van der Waals surface area contributed by atoms with E-state index in [0.717, 1.165) is 12.3 Å². The van der Waals surface area contributed by atoms with Crippen molar-refractivity contribution in [2.75, 3.05) is 6.61 Å². The predicted molar refractivity (Wildman–Crippen MR) is 112 cm³/mol. The SMILES string of the molecule is CC(C)n1cnc2cc(OC[C@@H]3C[C@](O)(c4cnc(C(F)(F)F)o4)C[C@H](C)N3)cc(C(F)(F)F)c21. The molecule has 2 N–H and O–H groups in total. The molecule has 1 aliphatic heterocycles. The van der Waals surface area contributed by atoms with Crippen LogP contribution >= 0.6 is 0 Å². The Balaban J connectivity index is 1.56. The summed E-state index contributed by atoms with van der Waals surface area (Å²) < 4.78 is 91.9. The molecule has 192 valence electrons. The maximum atomic E-state index is 13.8. The van der Waals surface area contributed by atoms with Gasteiger partial charge in [0, 0.05) is 30.6 Å². The Morgan fingerprint density at radius 2 is 1.89 bits per heavy atom. The standard InChI is InChI=1S/C22H24F6N4O3/c1-11(2)32-10-30-16-5-14(4-15(18(16)32)21(23,24)25)34-9-13-7-20(33,6-12(3)31-13)17-8-29-19(35-17)22(26,27)28/h4-5,8,10-13,31,33H,6-7,9H2,1-3H3/t12-,13-,20-/m0/s1. The number of halogens is 6. The number of fused-ring (bicyclic) bond motifs is 1. The fraction of sp³-hybridized carbons (Fsp3) is 0.545. The summed E-state index contributed by atoms with van der Waals surface area (Å²) in [6, 6.07) is 1.10. The third-order valence-corrected chi connectivity index (χ3v) is 5.91. The minimum atomic E-state index is -4.80. The number of ether oxygens (including phenoxy) is 1. The Labute approximate surface area is 196 Å². The summed E-state index contributed by atoms with van der Waals surface area (Å²) in [6.07, 6.45) is -7.32. The van der Waals surface area contributed by atoms with E-state index in [2.05, 4.69) is 15.3 Å². The molecule has 1 aliphatic rings. The smallest absolute Gasteiger partial charge is 0.468 e. The first-order valence-electron chi connectivity index (χ1n) is 10.9. The van der Waals surface area contributed by atoms with E-state index in [9.17, 15) is 31.4 Å². The topological polar surface area (TPSA) is 85.3 Å². The molecule has 3 atom stereocenters. The Morgan fingerprint density at radius 1 is 1.17 bits per heavy atom. The number of nitrogens with one attached hydrogen (secondary N) is 1. The Kier molecular flexibility index (Phi) is 6.29. The zero-order valence-corrected chi connectivity index (χ0v) is 19.0. The van der Waals surface area contributed by atoms with Crippen LogP contribution in [-0.4, -0.2) is 38.3 Å². The third-order valence-electron chi connectivity index (χ3n) is 5.91. The minimum absolute atomic E-state index is 0.0484. The largest absolute Gasteiger partial charge is 0.492 e. The number of aromatic nitrogens is 3. The molecule has 0 aliphatic carbocycles. The van der Waals surface area contributed by atoms with E-state index >= 15 is 0 Å². The van der Waals surface area contributed by atoms with E-state index in [1.54, 1.807) is 20.8 Å². The predicted octanol–water partition coefficient (Wildman–Crippen LogP) is 5.05. The lowest BCUT2D eigenvalue weighted by Crippen LogP contribution is -2.53. The van der Waals surface area contributed by atoms with Gasteiger partial charge in [0.2, 0.25) is 0 Å². The molecule has 0 unspecified atom stereocenters. The molecule has 1 fully saturated rings. The lowest BCUT2D eigenvalue weighted by molar-refractivity contribution is -0.159. The molecule has 1 saturated heterocycles. The van der Waals surface area contributed by atoms with Crippen molar-refractivity contribution >= 4 is 11.0 Å². The van der Waals surface area contributed by atoms with Gasteiger partial charge in [0.05, 0.1) is 29.1 Å². The number of hydrogen-bond acceptors (Lipinski definition) is 6. The lowest BCUT2D eigenvalue weighted by Gasteiger charge is -2.39. The molecule has 4 rings (SSSR count). The maximum absolute atomic E-state index is 13.8. The van der Waals surface area contributed by atoms with Crippen LogP contribution in [0.3, 0.4) is 0 Å². The van der Waals surface area contributed by atoms with E-state index < -0.39 is 35.4 Å². The zero-order valence-electron chi connectivity index (χ0n) is 19.0. The maximum Gasteiger partial charge on any atom is 0.468 e. The van der Waals surface area contributed by atoms with Gasteiger partial charge >= 0.3 is 18.2 Å². The average molecular weight is 506 g/mol. The van der Waals surface area contributed by atoms with Crippen LogP contribution in [0, 0.1) is 0 Å². The van der Waals surface area contributed by atoms with Crippen molar-refractivity contribution in [3.05, 3.63) is 41.9 Å². The molecule has 3 heterocycles. The first-order chi connectivity index (χ1) is 16.2. The van der Waals surface area contributed by atoms with Gasteiger partial charge in [-0.1, -0.05) is 0 Å². The normalized spacial score (nSPS) is 23.9. The average Bonchev–Trinajstić information content (AvgIpc) is 3.38. The number of piperidine rings is 1. The van der Waals surface area contributed by atoms with Crippen molar-refractivity contribution in [2.45, 2.75) is 69.7 Å². The van der Waals surface area contributed by atoms with Crippen LogP contribution in [0.15, 0.2) is 29.1 Å². The first kappa shape index (κ1) is 25.3. The van der Waals surface area contributed by atoms with Crippen molar-refractivity contribution < 1.29 is 40.6 Å². The van der Waals surface area contributed by atoms with Crippen molar-refractivity contribution in [3.63, 3.8) is 0 Å². The van der Waals surface area contributed by atoms with Crippen LogP contribution in [0.2, 0.25) is 0 Å². The molecule has 0 bridgehead atoms. The fourth-order valence-corrected chi connectivity index (χ4v) is 4.48. The molecule has 0 spiro atoms. The van der Waals surface area contributed by atoms with Gasteiger partial charge < -0.3 is 24.1 Å². The summed E-state index contributed by atoms with van der Waals surface area (Å²) >= 11 is 0. The van der Waals surface area contributed by atoms with Crippen molar-refractivity contribution in [1.29, 1.82) is 0 Å². The Morgan fingerprint density at radius 3 is 2.49 bits per heavy atom. The van der Waals surface area contributed by atoms with Crippen LogP contribution in [0.4, 0.5) is 26.3 Å². The van der Waals surface area contributed by atoms with E-state index in [4.69, 9.17) is 9.15 Å². The summed E-state index contributed by atoms with van der Waals surface area (Å²) in [6.45, 7) is 5.05. The molecule has 7 nitrogen and oxygen atoms in total. The number of benzene rings is 1. The molecule has 13 heteroatoms. The van der Waals surface area contributed by atoms with Gasteiger partial charge in [-0.2, -0.15) is 26.3 Å². The van der Waals surface area contributed by atoms with E-state index in [1.165, 1.54) is 17.0 Å². The fourth-order valence-electron chi connectivity index (χ4n) is 4.48. The Hall–Kier alpha value is -2.80. The van der Waals surface area contributed by atoms with Gasteiger partial charge in [-0.3, -0.25) is 0 Å². The molecule has 35 heavy (non-hydrogen) atoms. The summed E-state index contributed by atoms with van der Waals surface area (Å²) in [4.78, 5) is 7.29. The van der Waals surface area contributed by atoms with Crippen LogP contribution in [0.1, 0.15) is 56.9 Å². The molecule has 0 radical (unpaired) electrons. The monoisotopic (exact) mass is 506 g/mol. The number of aliphatic hydroxyl groups is 1. The minimum Gasteiger partial charge on any atom is -0.492 e. The second-order valence-electron chi connectivity index (χ2n) is 9.12. The lowest BCUT2D eigenvalue weighted by atomic mass is 9.82. The van der Waals surface area contributed by atoms with Crippen LogP contribution < -0.4 is 10.1 Å². The number of hydrogen-bond donors (Lipinski definition) is 2. The van der Waals surface area contributed by atoms with Crippen molar-refractivity contribution in [3.8, 4) is 5.75 Å². The van der Waals surface area contributed by atoms with Gasteiger partial charge in [-0.15, -0.1) is 0 Å². The van der Waals surface area contributed by atoms with Crippen molar-refractivity contribution in [2.24, 2.45) is 0 Å². The number of alkyl halides is 6. The number of imidazole rings is 1. The zero-order chi connectivity index (χ0) is 25.8. The van der Waals surface area contributed by atoms with Crippen LogP contribution in [0.25, 0.3) is 11.0 Å². The van der Waals surface area contributed by atoms with Gasteiger partial charge in [0.1, 0.15) is 18.0 Å². The molecule has 3 aromatic rings. The van der Waals surface area contributed by atoms with Gasteiger partial charge in [-0.25, -0.2) is 9.97 Å². The molecular formula is C22H24F6N4O3. The third kappa shape index (κ3) is 5.10. The number of nitrogens with zero attached hydrogens (tertiary/aromatic N) is 3. The molecule has 0 amide bonds. The summed E-state index contributed by atoms with van der Waals surface area (Å²) in [7, 11) is 0. The first-order valence-corrected chi connectivity index (χ1v) is 10.9. The highest BCUT2D eigenvalue weighted by Crippen LogP contribution is 2.40. The van der Waals surface area contributed by atoms with E-state index in [1.807, 2.05) is 0 Å². The van der Waals surface area contributed by atoms with E-state index in [0.29, 0.717) is 0 Å². The number of oxazole rings is 1.